The lowest BCUT2D eigenvalue weighted by Gasteiger charge is -2.11. The number of hydrogen-bond donors (Lipinski definition) is 0. The third-order valence-corrected chi connectivity index (χ3v) is 2.22. The van der Waals surface area contributed by atoms with Crippen LogP contribution >= 0.6 is 0 Å². The predicted molar refractivity (Wildman–Crippen MR) is 56.2 cm³/mol. The van der Waals surface area contributed by atoms with Gasteiger partial charge < -0.3 is 9.15 Å². The maximum Gasteiger partial charge on any atom is 0.573 e. The van der Waals surface area contributed by atoms with Gasteiger partial charge in [-0.05, 0) is 23.8 Å². The Morgan fingerprint density at radius 1 is 1.17 bits per heavy atom. The van der Waals surface area contributed by atoms with Gasteiger partial charge in [0.1, 0.15) is 5.75 Å². The van der Waals surface area contributed by atoms with Gasteiger partial charge in [0.2, 0.25) is 0 Å². The summed E-state index contributed by atoms with van der Waals surface area (Å²) in [6, 6.07) is 5.50. The van der Waals surface area contributed by atoms with Gasteiger partial charge in [-0.3, -0.25) is 4.79 Å². The minimum atomic E-state index is -4.84. The van der Waals surface area contributed by atoms with Crippen LogP contribution in [-0.2, 0) is 0 Å². The Labute approximate surface area is 99.8 Å². The SMILES string of the molecule is O=Cc1ccc(-c2ccoc2)cc1OC(F)(F)F. The van der Waals surface area contributed by atoms with E-state index in [1.807, 2.05) is 0 Å². The highest BCUT2D eigenvalue weighted by atomic mass is 19.4. The number of halogens is 3. The largest absolute Gasteiger partial charge is 0.573 e. The van der Waals surface area contributed by atoms with Crippen LogP contribution in [0.15, 0.2) is 41.2 Å². The van der Waals surface area contributed by atoms with E-state index >= 15 is 0 Å². The first kappa shape index (κ1) is 12.2. The van der Waals surface area contributed by atoms with E-state index in [4.69, 9.17) is 4.42 Å². The number of furan rings is 1. The molecule has 1 aromatic carbocycles. The molecule has 0 unspecified atom stereocenters. The van der Waals surface area contributed by atoms with Crippen LogP contribution in [0.25, 0.3) is 11.1 Å². The number of rotatable bonds is 3. The average molecular weight is 256 g/mol. The smallest absolute Gasteiger partial charge is 0.472 e. The number of carbonyl (C=O) groups excluding carboxylic acids is 1. The van der Waals surface area contributed by atoms with Crippen LogP contribution in [0.1, 0.15) is 10.4 Å². The van der Waals surface area contributed by atoms with Crippen molar-refractivity contribution in [3.63, 3.8) is 0 Å². The Hall–Kier alpha value is -2.24. The zero-order valence-electron chi connectivity index (χ0n) is 8.90. The van der Waals surface area contributed by atoms with Crippen LogP contribution in [-0.4, -0.2) is 12.6 Å². The van der Waals surface area contributed by atoms with Crippen LogP contribution in [0.3, 0.4) is 0 Å². The van der Waals surface area contributed by atoms with E-state index in [1.54, 1.807) is 6.07 Å². The second kappa shape index (κ2) is 4.56. The van der Waals surface area contributed by atoms with Crippen molar-refractivity contribution >= 4 is 6.29 Å². The topological polar surface area (TPSA) is 39.4 Å². The third kappa shape index (κ3) is 2.71. The van der Waals surface area contributed by atoms with Crippen molar-refractivity contribution in [3.8, 4) is 16.9 Å². The van der Waals surface area contributed by atoms with Crippen molar-refractivity contribution in [3.05, 3.63) is 42.4 Å². The zero-order valence-corrected chi connectivity index (χ0v) is 8.90. The molecule has 0 saturated heterocycles. The van der Waals surface area contributed by atoms with Crippen molar-refractivity contribution in [1.82, 2.24) is 0 Å². The van der Waals surface area contributed by atoms with Crippen molar-refractivity contribution in [1.29, 1.82) is 0 Å². The second-order valence-corrected chi connectivity index (χ2v) is 3.43. The van der Waals surface area contributed by atoms with Gasteiger partial charge in [0.25, 0.3) is 0 Å². The summed E-state index contributed by atoms with van der Waals surface area (Å²) >= 11 is 0. The van der Waals surface area contributed by atoms with E-state index in [2.05, 4.69) is 4.74 Å². The highest BCUT2D eigenvalue weighted by Gasteiger charge is 2.32. The van der Waals surface area contributed by atoms with Crippen molar-refractivity contribution in [2.24, 2.45) is 0 Å². The molecule has 0 bridgehead atoms. The number of hydrogen-bond acceptors (Lipinski definition) is 3. The van der Waals surface area contributed by atoms with Gasteiger partial charge in [-0.15, -0.1) is 13.2 Å². The molecule has 0 radical (unpaired) electrons. The van der Waals surface area contributed by atoms with Crippen molar-refractivity contribution in [2.75, 3.05) is 0 Å². The van der Waals surface area contributed by atoms with Crippen LogP contribution in [0.4, 0.5) is 13.2 Å². The number of benzene rings is 1. The Kier molecular flexibility index (Phi) is 3.10. The molecule has 2 aromatic rings. The quantitative estimate of drug-likeness (QED) is 0.787. The number of aldehydes is 1. The summed E-state index contributed by atoms with van der Waals surface area (Å²) in [6.07, 6.45) is -1.76. The molecule has 3 nitrogen and oxygen atoms in total. The zero-order chi connectivity index (χ0) is 13.2. The summed E-state index contributed by atoms with van der Waals surface area (Å²) in [4.78, 5) is 10.6. The van der Waals surface area contributed by atoms with E-state index in [0.29, 0.717) is 17.4 Å². The highest BCUT2D eigenvalue weighted by Crippen LogP contribution is 2.30. The molecule has 0 aliphatic rings. The van der Waals surface area contributed by atoms with Crippen LogP contribution < -0.4 is 4.74 Å². The highest BCUT2D eigenvalue weighted by molar-refractivity contribution is 5.81. The van der Waals surface area contributed by atoms with Crippen molar-refractivity contribution < 1.29 is 27.1 Å². The lowest BCUT2D eigenvalue weighted by Crippen LogP contribution is -2.18. The maximum absolute atomic E-state index is 12.2. The monoisotopic (exact) mass is 256 g/mol. The van der Waals surface area contributed by atoms with E-state index < -0.39 is 12.1 Å². The molecule has 6 heteroatoms. The lowest BCUT2D eigenvalue weighted by atomic mass is 10.1. The first-order chi connectivity index (χ1) is 8.49. The molecular formula is C12H7F3O3. The Balaban J connectivity index is 2.42. The summed E-state index contributed by atoms with van der Waals surface area (Å²) in [7, 11) is 0. The van der Waals surface area contributed by atoms with Crippen LogP contribution in [0.2, 0.25) is 0 Å². The summed E-state index contributed by atoms with van der Waals surface area (Å²) < 4.78 is 45.2. The van der Waals surface area contributed by atoms with E-state index in [-0.39, 0.29) is 5.56 Å². The molecule has 0 saturated carbocycles. The molecule has 0 amide bonds. The average Bonchev–Trinajstić information content (AvgIpc) is 2.80. The number of carbonyl (C=O) groups is 1. The molecule has 1 heterocycles. The van der Waals surface area contributed by atoms with Gasteiger partial charge in [-0.2, -0.15) is 0 Å². The first-order valence-electron chi connectivity index (χ1n) is 4.87. The fraction of sp³-hybridized carbons (Fsp3) is 0.0833. The molecular weight excluding hydrogens is 249 g/mol. The molecule has 0 aliphatic carbocycles. The summed E-state index contributed by atoms with van der Waals surface area (Å²) in [5, 5.41) is 0. The molecule has 18 heavy (non-hydrogen) atoms. The van der Waals surface area contributed by atoms with E-state index in [9.17, 15) is 18.0 Å². The maximum atomic E-state index is 12.2. The van der Waals surface area contributed by atoms with E-state index in [1.165, 1.54) is 24.7 Å². The Morgan fingerprint density at radius 2 is 1.94 bits per heavy atom. The van der Waals surface area contributed by atoms with Gasteiger partial charge >= 0.3 is 6.36 Å². The van der Waals surface area contributed by atoms with Gasteiger partial charge in [-0.25, -0.2) is 0 Å². The molecule has 0 aliphatic heterocycles. The summed E-state index contributed by atoms with van der Waals surface area (Å²) in [5.41, 5.74) is 0.896. The lowest BCUT2D eigenvalue weighted by molar-refractivity contribution is -0.274. The van der Waals surface area contributed by atoms with Gasteiger partial charge in [-0.1, -0.05) is 6.07 Å². The van der Waals surface area contributed by atoms with E-state index in [0.717, 1.165) is 6.07 Å². The van der Waals surface area contributed by atoms with Crippen LogP contribution in [0.5, 0.6) is 5.75 Å². The molecule has 0 fully saturated rings. The Morgan fingerprint density at radius 3 is 2.50 bits per heavy atom. The summed E-state index contributed by atoms with van der Waals surface area (Å²) in [6.45, 7) is 0. The molecule has 0 atom stereocenters. The van der Waals surface area contributed by atoms with Crippen LogP contribution in [0, 0.1) is 0 Å². The minimum absolute atomic E-state index is 0.167. The van der Waals surface area contributed by atoms with Crippen molar-refractivity contribution in [2.45, 2.75) is 6.36 Å². The second-order valence-electron chi connectivity index (χ2n) is 3.43. The first-order valence-corrected chi connectivity index (χ1v) is 4.87. The fourth-order valence-electron chi connectivity index (χ4n) is 1.45. The molecule has 0 N–H and O–H groups in total. The standard InChI is InChI=1S/C12H7F3O3/c13-12(14,15)18-11-5-8(1-2-9(11)6-16)10-3-4-17-7-10/h1-7H. The third-order valence-electron chi connectivity index (χ3n) is 2.22. The molecule has 0 spiro atoms. The van der Waals surface area contributed by atoms with Gasteiger partial charge in [0.15, 0.2) is 6.29 Å². The predicted octanol–water partition coefficient (Wildman–Crippen LogP) is 3.66. The minimum Gasteiger partial charge on any atom is -0.472 e. The van der Waals surface area contributed by atoms with Gasteiger partial charge in [0.05, 0.1) is 18.1 Å². The number of ether oxygens (including phenoxy) is 1. The number of alkyl halides is 3. The van der Waals surface area contributed by atoms with Gasteiger partial charge in [0, 0.05) is 5.56 Å². The molecule has 2 rings (SSSR count). The normalized spacial score (nSPS) is 11.3. The fourth-order valence-corrected chi connectivity index (χ4v) is 1.45. The summed E-state index contributed by atoms with van der Waals surface area (Å²) in [5.74, 6) is -0.531. The molecule has 1 aromatic heterocycles. The Bertz CT molecular complexity index is 544. The molecule has 94 valence electrons.